The summed E-state index contributed by atoms with van der Waals surface area (Å²) >= 11 is 0. The molecule has 3 aliphatic carbocycles. The zero-order valence-electron chi connectivity index (χ0n) is 11.3. The molecule has 4 aliphatic rings. The van der Waals surface area contributed by atoms with E-state index in [1.807, 2.05) is 4.90 Å². The molecule has 1 N–H and O–H groups in total. The van der Waals surface area contributed by atoms with E-state index in [1.165, 1.54) is 19.3 Å². The highest BCUT2D eigenvalue weighted by molar-refractivity contribution is 5.73. The second-order valence-corrected chi connectivity index (χ2v) is 6.96. The number of hydrogen-bond acceptors (Lipinski definition) is 2. The quantitative estimate of drug-likeness (QED) is 0.805. The number of carbonyl (C=O) groups excluding carboxylic acids is 1. The Hall–Kier alpha value is -0.570. The van der Waals surface area contributed by atoms with Crippen molar-refractivity contribution in [3.8, 4) is 0 Å². The largest absolute Gasteiger partial charge is 0.343 e. The van der Waals surface area contributed by atoms with Gasteiger partial charge in [0.25, 0.3) is 0 Å². The molecule has 1 amide bonds. The van der Waals surface area contributed by atoms with Gasteiger partial charge in [-0.25, -0.2) is 0 Å². The maximum Gasteiger partial charge on any atom is 0.219 e. The van der Waals surface area contributed by atoms with Gasteiger partial charge in [0.2, 0.25) is 5.91 Å². The van der Waals surface area contributed by atoms with E-state index in [2.05, 4.69) is 5.32 Å². The van der Waals surface area contributed by atoms with Gasteiger partial charge >= 0.3 is 0 Å². The average molecular weight is 248 g/mol. The number of fused-ring (bicyclic) bond motifs is 5. The number of amides is 1. The maximum atomic E-state index is 11.3. The summed E-state index contributed by atoms with van der Waals surface area (Å²) in [5.74, 6) is 4.45. The summed E-state index contributed by atoms with van der Waals surface area (Å²) in [5, 5.41) is 3.92. The summed E-state index contributed by atoms with van der Waals surface area (Å²) in [5.41, 5.74) is 0. The third-order valence-corrected chi connectivity index (χ3v) is 6.10. The van der Waals surface area contributed by atoms with Gasteiger partial charge in [-0.2, -0.15) is 0 Å². The molecule has 0 spiro atoms. The van der Waals surface area contributed by atoms with Crippen LogP contribution in [-0.4, -0.2) is 36.0 Å². The van der Waals surface area contributed by atoms with Gasteiger partial charge in [0.1, 0.15) is 0 Å². The molecule has 3 nitrogen and oxygen atoms in total. The molecule has 4 unspecified atom stereocenters. The first-order valence-corrected chi connectivity index (χ1v) is 7.75. The second-order valence-electron chi connectivity index (χ2n) is 6.96. The number of likely N-dealkylation sites (tertiary alicyclic amines) is 1. The molecule has 100 valence electrons. The minimum atomic E-state index is 0.245. The zero-order chi connectivity index (χ0) is 12.3. The molecule has 2 bridgehead atoms. The summed E-state index contributed by atoms with van der Waals surface area (Å²) in [4.78, 5) is 13.3. The molecule has 4 rings (SSSR count). The van der Waals surface area contributed by atoms with Crippen LogP contribution in [0.1, 0.15) is 39.0 Å². The van der Waals surface area contributed by atoms with Crippen molar-refractivity contribution < 1.29 is 4.79 Å². The van der Waals surface area contributed by atoms with Crippen LogP contribution in [0.4, 0.5) is 0 Å². The van der Waals surface area contributed by atoms with Crippen LogP contribution in [0, 0.1) is 23.7 Å². The van der Waals surface area contributed by atoms with Crippen molar-refractivity contribution in [1.82, 2.24) is 10.2 Å². The van der Waals surface area contributed by atoms with E-state index < -0.39 is 0 Å². The van der Waals surface area contributed by atoms with E-state index in [-0.39, 0.29) is 5.91 Å². The second kappa shape index (κ2) is 3.96. The summed E-state index contributed by atoms with van der Waals surface area (Å²) in [6, 6.07) is 1.53. The Morgan fingerprint density at radius 3 is 2.22 bits per heavy atom. The maximum absolute atomic E-state index is 11.3. The highest BCUT2D eigenvalue weighted by Crippen LogP contribution is 2.65. The molecular weight excluding hydrogens is 224 g/mol. The van der Waals surface area contributed by atoms with E-state index in [0.717, 1.165) is 55.6 Å². The highest BCUT2D eigenvalue weighted by Gasteiger charge is 2.64. The van der Waals surface area contributed by atoms with Gasteiger partial charge in [0.15, 0.2) is 0 Å². The lowest BCUT2D eigenvalue weighted by atomic mass is 10.0. The zero-order valence-corrected chi connectivity index (χ0v) is 11.3. The molecule has 3 heteroatoms. The third-order valence-electron chi connectivity index (χ3n) is 6.10. The van der Waals surface area contributed by atoms with Crippen molar-refractivity contribution in [3.63, 3.8) is 0 Å². The fourth-order valence-electron chi connectivity index (χ4n) is 5.18. The minimum absolute atomic E-state index is 0.245. The molecule has 1 aliphatic heterocycles. The van der Waals surface area contributed by atoms with Crippen LogP contribution in [0.15, 0.2) is 0 Å². The normalized spacial score (nSPS) is 46.3. The molecule has 4 atom stereocenters. The Morgan fingerprint density at radius 2 is 1.67 bits per heavy atom. The molecule has 1 heterocycles. The summed E-state index contributed by atoms with van der Waals surface area (Å²) in [7, 11) is 0. The molecular formula is C15H24N2O. The number of nitrogens with zero attached hydrogens (tertiary/aromatic N) is 1. The molecule has 3 saturated carbocycles. The molecule has 0 aromatic heterocycles. The lowest BCUT2D eigenvalue weighted by Gasteiger charge is -2.32. The van der Waals surface area contributed by atoms with Gasteiger partial charge in [-0.15, -0.1) is 0 Å². The van der Waals surface area contributed by atoms with Crippen LogP contribution >= 0.6 is 0 Å². The first kappa shape index (κ1) is 11.3. The van der Waals surface area contributed by atoms with E-state index >= 15 is 0 Å². The molecule has 0 aromatic carbocycles. The molecule has 1 saturated heterocycles. The lowest BCUT2D eigenvalue weighted by molar-refractivity contribution is -0.129. The highest BCUT2D eigenvalue weighted by atomic mass is 16.2. The minimum Gasteiger partial charge on any atom is -0.343 e. The summed E-state index contributed by atoms with van der Waals surface area (Å²) in [6.07, 6.45) is 6.87. The van der Waals surface area contributed by atoms with E-state index in [4.69, 9.17) is 0 Å². The van der Waals surface area contributed by atoms with Crippen LogP contribution in [0.25, 0.3) is 0 Å². The number of carbonyl (C=O) groups is 1. The number of nitrogens with one attached hydrogen (secondary N) is 1. The molecule has 4 fully saturated rings. The van der Waals surface area contributed by atoms with Gasteiger partial charge in [0.05, 0.1) is 0 Å². The molecule has 0 radical (unpaired) electrons. The summed E-state index contributed by atoms with van der Waals surface area (Å²) in [6.45, 7) is 3.61. The van der Waals surface area contributed by atoms with E-state index in [0.29, 0.717) is 6.04 Å². The molecule has 0 aromatic rings. The van der Waals surface area contributed by atoms with E-state index in [9.17, 15) is 4.79 Å². The first-order valence-electron chi connectivity index (χ1n) is 7.75. The Kier molecular flexibility index (Phi) is 2.48. The Balaban J connectivity index is 1.29. The van der Waals surface area contributed by atoms with Gasteiger partial charge in [0, 0.05) is 32.1 Å². The predicted octanol–water partition coefficient (Wildman–Crippen LogP) is 1.63. The predicted molar refractivity (Wildman–Crippen MR) is 70.0 cm³/mol. The summed E-state index contributed by atoms with van der Waals surface area (Å²) < 4.78 is 0. The van der Waals surface area contributed by atoms with Crippen molar-refractivity contribution in [2.24, 2.45) is 23.7 Å². The third kappa shape index (κ3) is 1.63. The fourth-order valence-corrected chi connectivity index (χ4v) is 5.18. The van der Waals surface area contributed by atoms with E-state index in [1.54, 1.807) is 6.92 Å². The van der Waals surface area contributed by atoms with Crippen molar-refractivity contribution in [2.75, 3.05) is 13.1 Å². The monoisotopic (exact) mass is 248 g/mol. The Morgan fingerprint density at radius 1 is 1.06 bits per heavy atom. The molecule has 18 heavy (non-hydrogen) atoms. The number of hydrogen-bond donors (Lipinski definition) is 1. The van der Waals surface area contributed by atoms with Gasteiger partial charge in [-0.1, -0.05) is 0 Å². The standard InChI is InChI=1S/C15H24N2O/c1-9(18)17-6-4-12(5-7-17)16-15-13-10-2-3-11(8-10)14(13)15/h10-16H,2-8H2,1H3. The topological polar surface area (TPSA) is 32.3 Å². The number of rotatable bonds is 2. The van der Waals surface area contributed by atoms with Gasteiger partial charge in [-0.3, -0.25) is 4.79 Å². The van der Waals surface area contributed by atoms with Gasteiger partial charge in [-0.05, 0) is 55.8 Å². The van der Waals surface area contributed by atoms with Crippen molar-refractivity contribution in [2.45, 2.75) is 51.1 Å². The average Bonchev–Trinajstić information content (AvgIpc) is 2.78. The van der Waals surface area contributed by atoms with Crippen molar-refractivity contribution >= 4 is 5.91 Å². The van der Waals surface area contributed by atoms with Crippen LogP contribution in [0.3, 0.4) is 0 Å². The van der Waals surface area contributed by atoms with Crippen LogP contribution < -0.4 is 5.32 Å². The van der Waals surface area contributed by atoms with Crippen molar-refractivity contribution in [1.29, 1.82) is 0 Å². The first-order chi connectivity index (χ1) is 8.74. The SMILES string of the molecule is CC(=O)N1CCC(NC2C3C4CCC(C4)C23)CC1. The van der Waals surface area contributed by atoms with Crippen molar-refractivity contribution in [3.05, 3.63) is 0 Å². The van der Waals surface area contributed by atoms with Crippen LogP contribution in [0.5, 0.6) is 0 Å². The van der Waals surface area contributed by atoms with Gasteiger partial charge < -0.3 is 10.2 Å². The lowest BCUT2D eigenvalue weighted by Crippen LogP contribution is -2.45. The Labute approximate surface area is 109 Å². The fraction of sp³-hybridized carbons (Fsp3) is 0.933. The smallest absolute Gasteiger partial charge is 0.219 e. The van der Waals surface area contributed by atoms with Crippen LogP contribution in [0.2, 0.25) is 0 Å². The number of piperidine rings is 1. The van der Waals surface area contributed by atoms with Crippen LogP contribution in [-0.2, 0) is 4.79 Å². The Bertz CT molecular complexity index is 346.